The second kappa shape index (κ2) is 16.4. The van der Waals surface area contributed by atoms with Gasteiger partial charge >= 0.3 is 0 Å². The van der Waals surface area contributed by atoms with Gasteiger partial charge in [0.2, 0.25) is 6.71 Å². The van der Waals surface area contributed by atoms with Gasteiger partial charge in [0.1, 0.15) is 0 Å². The molecule has 0 radical (unpaired) electrons. The van der Waals surface area contributed by atoms with E-state index >= 15 is 0 Å². The van der Waals surface area contributed by atoms with Gasteiger partial charge in [-0.3, -0.25) is 0 Å². The maximum Gasteiger partial charge on any atom is 0.252 e. The molecule has 0 atom stereocenters. The third-order valence-electron chi connectivity index (χ3n) is 17.7. The molecular weight excluding hydrogens is 933 g/mol. The molecule has 0 fully saturated rings. The Morgan fingerprint density at radius 3 is 1.27 bits per heavy atom. The van der Waals surface area contributed by atoms with Gasteiger partial charge < -0.3 is 24.3 Å². The minimum Gasteiger partial charge on any atom is -0.453 e. The summed E-state index contributed by atoms with van der Waals surface area (Å²) < 4.78 is 6.87. The molecule has 0 unspecified atom stereocenters. The molecule has 6 heterocycles. The highest BCUT2D eigenvalue weighted by Gasteiger charge is 2.53. The number of fused-ring (bicyclic) bond motifs is 14. The number of benzene rings is 10. The summed E-state index contributed by atoms with van der Waals surface area (Å²) in [6.07, 6.45) is 0. The van der Waals surface area contributed by atoms with Crippen LogP contribution in [0.4, 0.5) is 68.2 Å². The molecule has 6 aliphatic heterocycles. The molecule has 8 heteroatoms. The molecule has 0 aliphatic carbocycles. The first-order valence-electron chi connectivity index (χ1n) is 27.8. The van der Waals surface area contributed by atoms with E-state index in [0.29, 0.717) is 17.8 Å². The van der Waals surface area contributed by atoms with E-state index in [1.807, 2.05) is 0 Å². The fourth-order valence-corrected chi connectivity index (χ4v) is 14.6. The van der Waals surface area contributed by atoms with Crippen LogP contribution in [0.2, 0.25) is 0 Å². The highest BCUT2D eigenvalue weighted by Crippen LogP contribution is 2.55. The van der Waals surface area contributed by atoms with Crippen molar-refractivity contribution in [2.45, 2.75) is 59.3 Å². The monoisotopic (exact) mass is 988 g/mol. The fraction of sp³-hybridized carbons (Fsp3) is 0.130. The Kier molecular flexibility index (Phi) is 9.54. The van der Waals surface area contributed by atoms with E-state index < -0.39 is 0 Å². The maximum atomic E-state index is 6.87. The molecule has 0 amide bonds. The Labute approximate surface area is 453 Å². The molecule has 10 aromatic rings. The van der Waals surface area contributed by atoms with E-state index in [1.165, 1.54) is 111 Å². The topological polar surface area (TPSA) is 22.2 Å². The van der Waals surface area contributed by atoms with Crippen LogP contribution in [0.3, 0.4) is 0 Å². The average Bonchev–Trinajstić information content (AvgIpc) is 3.62. The molecule has 16 rings (SSSR count). The van der Waals surface area contributed by atoms with E-state index in [-0.39, 0.29) is 20.1 Å². The molecule has 0 bridgehead atoms. The normalized spacial score (nSPS) is 14.4. The highest BCUT2D eigenvalue weighted by atomic mass is 16.5. The van der Waals surface area contributed by atoms with Crippen molar-refractivity contribution in [2.75, 3.05) is 19.6 Å². The van der Waals surface area contributed by atoms with Gasteiger partial charge in [0, 0.05) is 56.9 Å². The molecule has 0 spiro atoms. The SMILES string of the molecule is CC(C)c1cc(C(C)C)c(B2c3ccccc3N(c3ccccc3)c3cc4c(cc32)B2c3ccccc3N3c5ccccc5B5c6cccc7c6N(c6ccccc6O7)c6cc(c2c3c65)N4c2ccccc2)c(C(C)C)c1. The van der Waals surface area contributed by atoms with Crippen LogP contribution in [0.1, 0.15) is 76.0 Å². The molecule has 0 saturated carbocycles. The van der Waals surface area contributed by atoms with Crippen molar-refractivity contribution in [3.8, 4) is 11.5 Å². The molecule has 366 valence electrons. The number of hydrogen-bond donors (Lipinski definition) is 0. The van der Waals surface area contributed by atoms with E-state index in [4.69, 9.17) is 4.74 Å². The largest absolute Gasteiger partial charge is 0.453 e. The molecule has 6 aliphatic rings. The summed E-state index contributed by atoms with van der Waals surface area (Å²) in [5.41, 5.74) is 30.5. The van der Waals surface area contributed by atoms with Gasteiger partial charge in [0.25, 0.3) is 13.4 Å². The molecular formula is C69H55B3N4O. The minimum atomic E-state index is -0.0888. The summed E-state index contributed by atoms with van der Waals surface area (Å²) >= 11 is 0. The average molecular weight is 989 g/mol. The van der Waals surface area contributed by atoms with Gasteiger partial charge in [-0.05, 0) is 151 Å². The highest BCUT2D eigenvalue weighted by molar-refractivity contribution is 7.05. The Morgan fingerprint density at radius 1 is 0.299 bits per heavy atom. The fourth-order valence-electron chi connectivity index (χ4n) is 14.6. The Hall–Kier alpha value is -8.61. The maximum absolute atomic E-state index is 6.87. The number of para-hydroxylation sites is 8. The Morgan fingerprint density at radius 2 is 0.714 bits per heavy atom. The number of rotatable bonds is 6. The third kappa shape index (κ3) is 6.10. The standard InChI is InChI=1S/C69H55B3N4O/c1-41(2)44-36-47(42(3)4)65(48(37-44)43(5)6)71-49-26-13-16-30-55(49)73(45-22-9-7-10-23-45)59-39-60-54(38-53(59)71)72-51-28-15-18-32-57(51)75-56-31-17-14-27-50(56)70-52-29-21-35-64-68(52)76(58-33-19-20-34-63(58)77-64)62-40-61(66(72)69(75)67(62)70)74(60)46-24-11-8-12-25-46/h7-43H,1-6H3. The lowest BCUT2D eigenvalue weighted by Gasteiger charge is -2.52. The number of nitrogens with zero attached hydrogens (tertiary/aromatic N) is 4. The summed E-state index contributed by atoms with van der Waals surface area (Å²) in [7, 11) is 0. The number of anilines is 12. The smallest absolute Gasteiger partial charge is 0.252 e. The van der Waals surface area contributed by atoms with Crippen LogP contribution < -0.4 is 73.5 Å². The number of ether oxygens (including phenoxy) is 1. The van der Waals surface area contributed by atoms with E-state index in [9.17, 15) is 0 Å². The van der Waals surface area contributed by atoms with Crippen molar-refractivity contribution >= 4 is 138 Å². The zero-order chi connectivity index (χ0) is 51.5. The Bertz CT molecular complexity index is 4110. The van der Waals surface area contributed by atoms with Gasteiger partial charge in [-0.2, -0.15) is 0 Å². The van der Waals surface area contributed by atoms with Crippen LogP contribution >= 0.6 is 0 Å². The summed E-state index contributed by atoms with van der Waals surface area (Å²) in [4.78, 5) is 10.3. The molecule has 0 saturated heterocycles. The van der Waals surface area contributed by atoms with Crippen molar-refractivity contribution in [3.05, 3.63) is 223 Å². The quantitative estimate of drug-likeness (QED) is 0.154. The summed E-state index contributed by atoms with van der Waals surface area (Å²) in [6, 6.07) is 78.2. The summed E-state index contributed by atoms with van der Waals surface area (Å²) in [5.74, 6) is 2.78. The number of hydrogen-bond acceptors (Lipinski definition) is 5. The van der Waals surface area contributed by atoms with Crippen molar-refractivity contribution in [2.24, 2.45) is 0 Å². The van der Waals surface area contributed by atoms with Crippen molar-refractivity contribution in [1.29, 1.82) is 0 Å². The second-order valence-corrected chi connectivity index (χ2v) is 22.9. The molecule has 77 heavy (non-hydrogen) atoms. The molecule has 0 aromatic heterocycles. The van der Waals surface area contributed by atoms with Gasteiger partial charge in [-0.15, -0.1) is 0 Å². The predicted octanol–water partition coefficient (Wildman–Crippen LogP) is 12.2. The second-order valence-electron chi connectivity index (χ2n) is 22.9. The van der Waals surface area contributed by atoms with Crippen LogP contribution in [0.25, 0.3) is 0 Å². The van der Waals surface area contributed by atoms with Gasteiger partial charge in [0.05, 0.1) is 11.4 Å². The summed E-state index contributed by atoms with van der Waals surface area (Å²) in [5, 5.41) is 0. The lowest BCUT2D eigenvalue weighted by atomic mass is 9.28. The van der Waals surface area contributed by atoms with Crippen LogP contribution in [0.5, 0.6) is 11.5 Å². The van der Waals surface area contributed by atoms with Gasteiger partial charge in [-0.1, -0.05) is 180 Å². The molecule has 10 aromatic carbocycles. The van der Waals surface area contributed by atoms with Crippen LogP contribution in [0.15, 0.2) is 206 Å². The third-order valence-corrected chi connectivity index (χ3v) is 17.7. The summed E-state index contributed by atoms with van der Waals surface area (Å²) in [6.45, 7) is 14.1. The first kappa shape index (κ1) is 44.7. The zero-order valence-corrected chi connectivity index (χ0v) is 44.3. The Balaban J connectivity index is 1.06. The van der Waals surface area contributed by atoms with E-state index in [0.717, 1.165) is 34.2 Å². The van der Waals surface area contributed by atoms with Gasteiger partial charge in [-0.25, -0.2) is 0 Å². The molecule has 5 nitrogen and oxygen atoms in total. The zero-order valence-electron chi connectivity index (χ0n) is 44.3. The van der Waals surface area contributed by atoms with Crippen LogP contribution in [0, 0.1) is 0 Å². The predicted molar refractivity (Wildman–Crippen MR) is 328 cm³/mol. The van der Waals surface area contributed by atoms with E-state index in [1.54, 1.807) is 0 Å². The van der Waals surface area contributed by atoms with E-state index in [2.05, 4.69) is 267 Å². The first-order valence-corrected chi connectivity index (χ1v) is 27.8. The first-order chi connectivity index (χ1) is 37.7. The lowest BCUT2D eigenvalue weighted by Crippen LogP contribution is -2.69. The van der Waals surface area contributed by atoms with Crippen LogP contribution in [-0.2, 0) is 0 Å². The van der Waals surface area contributed by atoms with Crippen molar-refractivity contribution in [3.63, 3.8) is 0 Å². The molecule has 0 N–H and O–H groups in total. The minimum absolute atomic E-state index is 0.0307. The van der Waals surface area contributed by atoms with Crippen LogP contribution in [-0.4, -0.2) is 20.1 Å². The lowest BCUT2D eigenvalue weighted by molar-refractivity contribution is 0.477. The van der Waals surface area contributed by atoms with Gasteiger partial charge in [0.15, 0.2) is 11.5 Å². The van der Waals surface area contributed by atoms with Crippen molar-refractivity contribution < 1.29 is 4.74 Å². The van der Waals surface area contributed by atoms with Crippen molar-refractivity contribution in [1.82, 2.24) is 0 Å².